The summed E-state index contributed by atoms with van der Waals surface area (Å²) in [4.78, 5) is 17.4. The number of rotatable bonds is 2. The van der Waals surface area contributed by atoms with Crippen LogP contribution in [0.15, 0.2) is 18.3 Å². The van der Waals surface area contributed by atoms with Gasteiger partial charge < -0.3 is 15.7 Å². The van der Waals surface area contributed by atoms with E-state index in [0.29, 0.717) is 17.9 Å². The molecule has 0 radical (unpaired) electrons. The highest BCUT2D eigenvalue weighted by molar-refractivity contribution is 5.97. The van der Waals surface area contributed by atoms with E-state index in [1.54, 1.807) is 18.3 Å². The molecule has 1 aliphatic heterocycles. The molecule has 2 rings (SSSR count). The lowest BCUT2D eigenvalue weighted by Gasteiger charge is -2.35. The molecule has 17 heavy (non-hydrogen) atoms. The number of pyridine rings is 1. The second kappa shape index (κ2) is 4.71. The van der Waals surface area contributed by atoms with E-state index in [1.807, 2.05) is 11.8 Å². The number of hydrogen-bond acceptors (Lipinski definition) is 4. The number of primary amides is 1. The lowest BCUT2D eigenvalue weighted by Crippen LogP contribution is -2.44. The minimum Gasteiger partial charge on any atom is -0.391 e. The standard InChI is InChI=1S/C12H17N3O2/c1-8-4-6-15(7-10(8)16)12-9(11(13)17)3-2-5-14-12/h2-3,5,8,10,16H,4,6-7H2,1H3,(H2,13,17). The first kappa shape index (κ1) is 11.9. The van der Waals surface area contributed by atoms with E-state index in [2.05, 4.69) is 4.98 Å². The fourth-order valence-corrected chi connectivity index (χ4v) is 2.08. The maximum atomic E-state index is 11.3. The van der Waals surface area contributed by atoms with Crippen molar-refractivity contribution in [2.24, 2.45) is 11.7 Å². The van der Waals surface area contributed by atoms with Gasteiger partial charge in [0.05, 0.1) is 11.7 Å². The van der Waals surface area contributed by atoms with Crippen LogP contribution in [0.1, 0.15) is 23.7 Å². The Morgan fingerprint density at radius 2 is 2.41 bits per heavy atom. The summed E-state index contributed by atoms with van der Waals surface area (Å²) in [6.45, 7) is 3.31. The molecular formula is C12H17N3O2. The zero-order valence-electron chi connectivity index (χ0n) is 9.84. The van der Waals surface area contributed by atoms with Gasteiger partial charge in [-0.3, -0.25) is 4.79 Å². The van der Waals surface area contributed by atoms with Crippen molar-refractivity contribution < 1.29 is 9.90 Å². The van der Waals surface area contributed by atoms with Crippen molar-refractivity contribution in [3.05, 3.63) is 23.9 Å². The summed E-state index contributed by atoms with van der Waals surface area (Å²) in [7, 11) is 0. The number of aliphatic hydroxyl groups is 1. The van der Waals surface area contributed by atoms with Gasteiger partial charge in [0.15, 0.2) is 0 Å². The van der Waals surface area contributed by atoms with Gasteiger partial charge in [-0.25, -0.2) is 4.98 Å². The highest BCUT2D eigenvalue weighted by Gasteiger charge is 2.26. The Morgan fingerprint density at radius 3 is 3.06 bits per heavy atom. The molecule has 2 unspecified atom stereocenters. The van der Waals surface area contributed by atoms with Crippen molar-refractivity contribution in [1.29, 1.82) is 0 Å². The summed E-state index contributed by atoms with van der Waals surface area (Å²) >= 11 is 0. The Balaban J connectivity index is 2.25. The molecule has 0 spiro atoms. The van der Waals surface area contributed by atoms with E-state index < -0.39 is 5.91 Å². The van der Waals surface area contributed by atoms with Crippen molar-refractivity contribution in [2.45, 2.75) is 19.4 Å². The average molecular weight is 235 g/mol. The Labute approximate surface area is 100 Å². The number of carbonyl (C=O) groups is 1. The third kappa shape index (κ3) is 2.39. The number of aromatic nitrogens is 1. The molecule has 1 saturated heterocycles. The number of amides is 1. The van der Waals surface area contributed by atoms with E-state index in [4.69, 9.17) is 5.73 Å². The molecule has 3 N–H and O–H groups in total. The van der Waals surface area contributed by atoms with Gasteiger partial charge in [-0.05, 0) is 24.5 Å². The summed E-state index contributed by atoms with van der Waals surface area (Å²) in [5.74, 6) is 0.374. The van der Waals surface area contributed by atoms with Gasteiger partial charge in [0, 0.05) is 19.3 Å². The number of nitrogens with zero attached hydrogens (tertiary/aromatic N) is 2. The number of nitrogens with two attached hydrogens (primary N) is 1. The van der Waals surface area contributed by atoms with Crippen molar-refractivity contribution >= 4 is 11.7 Å². The van der Waals surface area contributed by atoms with Crippen LogP contribution in [0, 0.1) is 5.92 Å². The number of anilines is 1. The Morgan fingerprint density at radius 1 is 1.65 bits per heavy atom. The lowest BCUT2D eigenvalue weighted by atomic mass is 9.96. The molecule has 0 saturated carbocycles. The van der Waals surface area contributed by atoms with Crippen LogP contribution in [-0.2, 0) is 0 Å². The smallest absolute Gasteiger partial charge is 0.252 e. The number of carbonyl (C=O) groups excluding carboxylic acids is 1. The molecule has 1 amide bonds. The van der Waals surface area contributed by atoms with Gasteiger partial charge in [0.25, 0.3) is 5.91 Å². The van der Waals surface area contributed by atoms with Gasteiger partial charge in [-0.2, -0.15) is 0 Å². The summed E-state index contributed by atoms with van der Waals surface area (Å²) in [6.07, 6.45) is 2.13. The van der Waals surface area contributed by atoms with Crippen molar-refractivity contribution in [3.63, 3.8) is 0 Å². The van der Waals surface area contributed by atoms with Crippen molar-refractivity contribution in [3.8, 4) is 0 Å². The largest absolute Gasteiger partial charge is 0.391 e. The first-order valence-corrected chi connectivity index (χ1v) is 5.77. The van der Waals surface area contributed by atoms with E-state index >= 15 is 0 Å². The Kier molecular flexibility index (Phi) is 3.28. The van der Waals surface area contributed by atoms with Gasteiger partial charge >= 0.3 is 0 Å². The molecule has 92 valence electrons. The fourth-order valence-electron chi connectivity index (χ4n) is 2.08. The zero-order valence-corrected chi connectivity index (χ0v) is 9.84. The normalized spacial score (nSPS) is 24.7. The number of hydrogen-bond donors (Lipinski definition) is 2. The van der Waals surface area contributed by atoms with Crippen LogP contribution in [0.25, 0.3) is 0 Å². The first-order valence-electron chi connectivity index (χ1n) is 5.77. The molecule has 5 nitrogen and oxygen atoms in total. The summed E-state index contributed by atoms with van der Waals surface area (Å²) < 4.78 is 0. The van der Waals surface area contributed by atoms with Gasteiger partial charge in [0.2, 0.25) is 0 Å². The van der Waals surface area contributed by atoms with Gasteiger partial charge in [-0.1, -0.05) is 6.92 Å². The maximum Gasteiger partial charge on any atom is 0.252 e. The molecule has 2 atom stereocenters. The van der Waals surface area contributed by atoms with Crippen LogP contribution in [0.2, 0.25) is 0 Å². The molecule has 1 aromatic heterocycles. The molecule has 0 bridgehead atoms. The van der Waals surface area contributed by atoms with Crippen LogP contribution in [0.3, 0.4) is 0 Å². The van der Waals surface area contributed by atoms with Crippen LogP contribution < -0.4 is 10.6 Å². The predicted octanol–water partition coefficient (Wildman–Crippen LogP) is 0.388. The van der Waals surface area contributed by atoms with Gasteiger partial charge in [-0.15, -0.1) is 0 Å². The van der Waals surface area contributed by atoms with Crippen LogP contribution in [-0.4, -0.2) is 35.2 Å². The van der Waals surface area contributed by atoms with Crippen LogP contribution in [0.4, 0.5) is 5.82 Å². The topological polar surface area (TPSA) is 79.5 Å². The minimum absolute atomic E-state index is 0.284. The van der Waals surface area contributed by atoms with E-state index in [0.717, 1.165) is 13.0 Å². The number of β-amino-alcohol motifs (C(OH)–C–C–N with tert-alkyl or cyclic N) is 1. The third-order valence-electron chi connectivity index (χ3n) is 3.27. The highest BCUT2D eigenvalue weighted by atomic mass is 16.3. The Bertz CT molecular complexity index is 422. The van der Waals surface area contributed by atoms with E-state index in [1.165, 1.54) is 0 Å². The molecule has 5 heteroatoms. The maximum absolute atomic E-state index is 11.3. The minimum atomic E-state index is -0.485. The SMILES string of the molecule is CC1CCN(c2ncccc2C(N)=O)CC1O. The molecule has 1 aliphatic rings. The quantitative estimate of drug-likeness (QED) is 0.777. The predicted molar refractivity (Wildman–Crippen MR) is 64.8 cm³/mol. The van der Waals surface area contributed by atoms with Crippen LogP contribution in [0.5, 0.6) is 0 Å². The lowest BCUT2D eigenvalue weighted by molar-refractivity contribution is 0.0985. The summed E-state index contributed by atoms with van der Waals surface area (Å²) in [6, 6.07) is 3.35. The monoisotopic (exact) mass is 235 g/mol. The van der Waals surface area contributed by atoms with Crippen molar-refractivity contribution in [2.75, 3.05) is 18.0 Å². The third-order valence-corrected chi connectivity index (χ3v) is 3.27. The zero-order chi connectivity index (χ0) is 12.4. The van der Waals surface area contributed by atoms with Gasteiger partial charge in [0.1, 0.15) is 5.82 Å². The highest BCUT2D eigenvalue weighted by Crippen LogP contribution is 2.24. The molecular weight excluding hydrogens is 218 g/mol. The second-order valence-electron chi connectivity index (χ2n) is 4.52. The molecule has 0 aliphatic carbocycles. The molecule has 0 aromatic carbocycles. The van der Waals surface area contributed by atoms with Crippen LogP contribution >= 0.6 is 0 Å². The first-order chi connectivity index (χ1) is 8.09. The number of piperidine rings is 1. The molecule has 2 heterocycles. The van der Waals surface area contributed by atoms with Crippen molar-refractivity contribution in [1.82, 2.24) is 4.98 Å². The Hall–Kier alpha value is -1.62. The second-order valence-corrected chi connectivity index (χ2v) is 4.52. The average Bonchev–Trinajstić information content (AvgIpc) is 2.32. The summed E-state index contributed by atoms with van der Waals surface area (Å²) in [5.41, 5.74) is 5.73. The van der Waals surface area contributed by atoms with E-state index in [9.17, 15) is 9.90 Å². The molecule has 1 aromatic rings. The van der Waals surface area contributed by atoms with E-state index in [-0.39, 0.29) is 12.0 Å². The number of aliphatic hydroxyl groups excluding tert-OH is 1. The summed E-state index contributed by atoms with van der Waals surface area (Å²) in [5, 5.41) is 9.85. The fraction of sp³-hybridized carbons (Fsp3) is 0.500. The molecule has 1 fully saturated rings.